The summed E-state index contributed by atoms with van der Waals surface area (Å²) in [7, 11) is 1.72. The molecule has 3 rings (SSSR count). The fraction of sp³-hybridized carbons (Fsp3) is 0.111. The lowest BCUT2D eigenvalue weighted by atomic mass is 10.1. The summed E-state index contributed by atoms with van der Waals surface area (Å²) in [5, 5.41) is 3.98. The van der Waals surface area contributed by atoms with E-state index in [9.17, 15) is 4.79 Å². The monoisotopic (exact) mass is 292 g/mol. The van der Waals surface area contributed by atoms with Crippen LogP contribution in [0.5, 0.6) is 0 Å². The van der Waals surface area contributed by atoms with E-state index in [2.05, 4.69) is 5.16 Å². The van der Waals surface area contributed by atoms with E-state index < -0.39 is 0 Å². The predicted octanol–water partition coefficient (Wildman–Crippen LogP) is 3.93. The summed E-state index contributed by atoms with van der Waals surface area (Å²) in [4.78, 5) is 14.1. The maximum absolute atomic E-state index is 12.5. The number of aromatic nitrogens is 1. The van der Waals surface area contributed by atoms with Gasteiger partial charge in [0.1, 0.15) is 5.69 Å². The maximum Gasteiger partial charge on any atom is 0.296 e. The quantitative estimate of drug-likeness (QED) is 0.735. The number of rotatable bonds is 3. The molecule has 0 fully saturated rings. The molecule has 0 saturated carbocycles. The van der Waals surface area contributed by atoms with Gasteiger partial charge in [0, 0.05) is 24.4 Å². The number of aryl methyl sites for hydroxylation is 1. The molecule has 0 unspecified atom stereocenters. The van der Waals surface area contributed by atoms with Crippen molar-refractivity contribution < 1.29 is 9.32 Å². The van der Waals surface area contributed by atoms with Gasteiger partial charge in [0.2, 0.25) is 5.76 Å². The Balaban J connectivity index is 1.85. The van der Waals surface area contributed by atoms with E-state index in [-0.39, 0.29) is 11.7 Å². The topological polar surface area (TPSA) is 46.3 Å². The van der Waals surface area contributed by atoms with Crippen LogP contribution in [-0.2, 0) is 0 Å². The van der Waals surface area contributed by atoms with Gasteiger partial charge in [0.05, 0.1) is 0 Å². The van der Waals surface area contributed by atoms with Gasteiger partial charge in [0.15, 0.2) is 0 Å². The first-order valence-electron chi connectivity index (χ1n) is 7.02. The fourth-order valence-electron chi connectivity index (χ4n) is 2.24. The second kappa shape index (κ2) is 5.85. The van der Waals surface area contributed by atoms with Crippen LogP contribution in [0.25, 0.3) is 11.3 Å². The third kappa shape index (κ3) is 2.76. The second-order valence-electron chi connectivity index (χ2n) is 5.15. The van der Waals surface area contributed by atoms with E-state index in [0.29, 0.717) is 5.69 Å². The van der Waals surface area contributed by atoms with E-state index >= 15 is 0 Å². The Morgan fingerprint density at radius 1 is 1.05 bits per heavy atom. The standard InChI is InChI=1S/C18H16N2O2/c1-13-7-6-10-15(11-13)20(2)18(21)17-12-16(19-22-17)14-8-4-3-5-9-14/h3-12H,1-2H3. The summed E-state index contributed by atoms with van der Waals surface area (Å²) in [6.45, 7) is 1.99. The molecule has 0 aliphatic heterocycles. The van der Waals surface area contributed by atoms with Crippen molar-refractivity contribution in [2.45, 2.75) is 6.92 Å². The zero-order chi connectivity index (χ0) is 15.5. The molecule has 0 N–H and O–H groups in total. The van der Waals surface area contributed by atoms with Crippen molar-refractivity contribution in [2.75, 3.05) is 11.9 Å². The van der Waals surface area contributed by atoms with Gasteiger partial charge in [-0.25, -0.2) is 0 Å². The number of carbonyl (C=O) groups is 1. The lowest BCUT2D eigenvalue weighted by Gasteiger charge is -2.15. The highest BCUT2D eigenvalue weighted by Crippen LogP contribution is 2.21. The summed E-state index contributed by atoms with van der Waals surface area (Å²) in [5.41, 5.74) is 3.49. The molecule has 1 aromatic heterocycles. The maximum atomic E-state index is 12.5. The molecule has 4 nitrogen and oxygen atoms in total. The van der Waals surface area contributed by atoms with Gasteiger partial charge < -0.3 is 9.42 Å². The molecule has 4 heteroatoms. The van der Waals surface area contributed by atoms with Crippen LogP contribution in [-0.4, -0.2) is 18.1 Å². The van der Waals surface area contributed by atoms with Crippen LogP contribution in [0.3, 0.4) is 0 Å². The molecule has 22 heavy (non-hydrogen) atoms. The van der Waals surface area contributed by atoms with Crippen LogP contribution < -0.4 is 4.90 Å². The normalized spacial score (nSPS) is 10.5. The molecule has 1 heterocycles. The molecular weight excluding hydrogens is 276 g/mol. The molecule has 3 aromatic rings. The number of carbonyl (C=O) groups excluding carboxylic acids is 1. The summed E-state index contributed by atoms with van der Waals surface area (Å²) in [6, 6.07) is 19.0. The van der Waals surface area contributed by atoms with Crippen LogP contribution in [0.1, 0.15) is 16.1 Å². The SMILES string of the molecule is Cc1cccc(N(C)C(=O)c2cc(-c3ccccc3)no2)c1. The molecule has 2 aromatic carbocycles. The summed E-state index contributed by atoms with van der Waals surface area (Å²) in [6.07, 6.45) is 0. The van der Waals surface area contributed by atoms with E-state index in [1.54, 1.807) is 18.0 Å². The number of nitrogens with zero attached hydrogens (tertiary/aromatic N) is 2. The number of amides is 1. The Labute approximate surface area is 129 Å². The van der Waals surface area contributed by atoms with Crippen LogP contribution in [0.15, 0.2) is 65.2 Å². The third-order valence-electron chi connectivity index (χ3n) is 3.48. The van der Waals surface area contributed by atoms with Crippen LogP contribution >= 0.6 is 0 Å². The largest absolute Gasteiger partial charge is 0.350 e. The van der Waals surface area contributed by atoms with Gasteiger partial charge in [-0.1, -0.05) is 47.6 Å². The van der Waals surface area contributed by atoms with Crippen LogP contribution in [0, 0.1) is 6.92 Å². The van der Waals surface area contributed by atoms with Crippen molar-refractivity contribution in [1.29, 1.82) is 0 Å². The lowest BCUT2D eigenvalue weighted by Crippen LogP contribution is -2.25. The molecule has 0 aliphatic carbocycles. The Morgan fingerprint density at radius 3 is 2.55 bits per heavy atom. The molecule has 0 aliphatic rings. The van der Waals surface area contributed by atoms with Crippen LogP contribution in [0.2, 0.25) is 0 Å². The van der Waals surface area contributed by atoms with Crippen molar-refractivity contribution in [3.05, 3.63) is 72.0 Å². The van der Waals surface area contributed by atoms with Crippen LogP contribution in [0.4, 0.5) is 5.69 Å². The highest BCUT2D eigenvalue weighted by atomic mass is 16.5. The Morgan fingerprint density at radius 2 is 1.82 bits per heavy atom. The van der Waals surface area contributed by atoms with E-state index in [0.717, 1.165) is 16.8 Å². The first-order chi connectivity index (χ1) is 10.6. The minimum Gasteiger partial charge on any atom is -0.350 e. The van der Waals surface area contributed by atoms with Gasteiger partial charge in [-0.2, -0.15) is 0 Å². The van der Waals surface area contributed by atoms with Gasteiger partial charge >= 0.3 is 0 Å². The molecule has 0 spiro atoms. The van der Waals surface area contributed by atoms with Crippen molar-refractivity contribution in [3.63, 3.8) is 0 Å². The first kappa shape index (κ1) is 14.1. The average Bonchev–Trinajstić information content (AvgIpc) is 3.04. The minimum absolute atomic E-state index is 0.222. The van der Waals surface area contributed by atoms with Crippen molar-refractivity contribution in [1.82, 2.24) is 5.16 Å². The van der Waals surface area contributed by atoms with Crippen molar-refractivity contribution >= 4 is 11.6 Å². The molecule has 0 radical (unpaired) electrons. The fourth-order valence-corrected chi connectivity index (χ4v) is 2.24. The van der Waals surface area contributed by atoms with E-state index in [1.807, 2.05) is 61.5 Å². The van der Waals surface area contributed by atoms with Crippen molar-refractivity contribution in [3.8, 4) is 11.3 Å². The Kier molecular flexibility index (Phi) is 3.74. The highest BCUT2D eigenvalue weighted by Gasteiger charge is 2.19. The smallest absolute Gasteiger partial charge is 0.296 e. The van der Waals surface area contributed by atoms with Crippen molar-refractivity contribution in [2.24, 2.45) is 0 Å². The number of anilines is 1. The minimum atomic E-state index is -0.222. The zero-order valence-electron chi connectivity index (χ0n) is 12.5. The molecule has 1 amide bonds. The summed E-state index contributed by atoms with van der Waals surface area (Å²) >= 11 is 0. The number of benzene rings is 2. The summed E-state index contributed by atoms with van der Waals surface area (Å²) < 4.78 is 5.21. The third-order valence-corrected chi connectivity index (χ3v) is 3.48. The molecule has 0 bridgehead atoms. The molecular formula is C18H16N2O2. The average molecular weight is 292 g/mol. The second-order valence-corrected chi connectivity index (χ2v) is 5.15. The van der Waals surface area contributed by atoms with Gasteiger partial charge in [0.25, 0.3) is 5.91 Å². The Bertz CT molecular complexity index is 794. The predicted molar refractivity (Wildman–Crippen MR) is 85.9 cm³/mol. The molecule has 110 valence electrons. The molecule has 0 atom stereocenters. The summed E-state index contributed by atoms with van der Waals surface area (Å²) in [5.74, 6) is 0.00291. The zero-order valence-corrected chi connectivity index (χ0v) is 12.5. The van der Waals surface area contributed by atoms with Gasteiger partial charge in [-0.05, 0) is 24.6 Å². The number of hydrogen-bond acceptors (Lipinski definition) is 3. The molecule has 0 saturated heterocycles. The van der Waals surface area contributed by atoms with Gasteiger partial charge in [-0.3, -0.25) is 4.79 Å². The van der Waals surface area contributed by atoms with Gasteiger partial charge in [-0.15, -0.1) is 0 Å². The Hall–Kier alpha value is -2.88. The lowest BCUT2D eigenvalue weighted by molar-refractivity contribution is 0.0957. The highest BCUT2D eigenvalue weighted by molar-refractivity contribution is 6.04. The first-order valence-corrected chi connectivity index (χ1v) is 7.02. The number of hydrogen-bond donors (Lipinski definition) is 0. The van der Waals surface area contributed by atoms with E-state index in [1.165, 1.54) is 0 Å². The van der Waals surface area contributed by atoms with E-state index in [4.69, 9.17) is 4.52 Å².